The van der Waals surface area contributed by atoms with Crippen LogP contribution in [0.2, 0.25) is 0 Å². The van der Waals surface area contributed by atoms with Gasteiger partial charge < -0.3 is 5.32 Å². The Bertz CT molecular complexity index is 147. The Balaban J connectivity index is 2.01. The van der Waals surface area contributed by atoms with Gasteiger partial charge in [0.2, 0.25) is 0 Å². The van der Waals surface area contributed by atoms with Crippen LogP contribution in [-0.4, -0.2) is 36.6 Å². The van der Waals surface area contributed by atoms with E-state index in [2.05, 4.69) is 17.1 Å². The minimum absolute atomic E-state index is 0.810. The van der Waals surface area contributed by atoms with Crippen molar-refractivity contribution in [1.29, 1.82) is 0 Å². The fourth-order valence-corrected chi connectivity index (χ4v) is 2.57. The molecule has 0 bridgehead atoms. The molecular weight excluding hydrogens is 148 g/mol. The average molecular weight is 168 g/mol. The van der Waals surface area contributed by atoms with Gasteiger partial charge in [-0.2, -0.15) is 0 Å². The largest absolute Gasteiger partial charge is 0.315 e. The number of fused-ring (bicyclic) bond motifs is 1. The van der Waals surface area contributed by atoms with E-state index in [-0.39, 0.29) is 0 Å². The van der Waals surface area contributed by atoms with E-state index in [1.807, 2.05) is 0 Å². The molecule has 2 fully saturated rings. The fraction of sp³-hybridized carbons (Fsp3) is 1.00. The van der Waals surface area contributed by atoms with E-state index in [4.69, 9.17) is 0 Å². The Labute approximate surface area is 75.3 Å². The first-order valence-corrected chi connectivity index (χ1v) is 5.34. The zero-order valence-corrected chi connectivity index (χ0v) is 8.05. The molecule has 2 aliphatic heterocycles. The van der Waals surface area contributed by atoms with Gasteiger partial charge in [-0.15, -0.1) is 0 Å². The molecule has 0 amide bonds. The SMILES string of the molecule is CC1CCNCC2CCCCN12. The predicted molar refractivity (Wildman–Crippen MR) is 51.3 cm³/mol. The summed E-state index contributed by atoms with van der Waals surface area (Å²) in [4.78, 5) is 2.71. The van der Waals surface area contributed by atoms with Crippen LogP contribution in [0.15, 0.2) is 0 Å². The van der Waals surface area contributed by atoms with Crippen molar-refractivity contribution in [3.05, 3.63) is 0 Å². The van der Waals surface area contributed by atoms with Gasteiger partial charge in [0.05, 0.1) is 0 Å². The number of rotatable bonds is 0. The lowest BCUT2D eigenvalue weighted by molar-refractivity contribution is 0.114. The van der Waals surface area contributed by atoms with Gasteiger partial charge in [0, 0.05) is 18.6 Å². The van der Waals surface area contributed by atoms with E-state index >= 15 is 0 Å². The van der Waals surface area contributed by atoms with Crippen molar-refractivity contribution in [2.45, 2.75) is 44.7 Å². The van der Waals surface area contributed by atoms with Crippen molar-refractivity contribution < 1.29 is 0 Å². The maximum Gasteiger partial charge on any atom is 0.0223 e. The van der Waals surface area contributed by atoms with Crippen LogP contribution in [0.5, 0.6) is 0 Å². The average Bonchev–Trinajstić information content (AvgIpc) is 2.29. The first-order chi connectivity index (χ1) is 5.88. The molecule has 0 radical (unpaired) electrons. The van der Waals surface area contributed by atoms with Gasteiger partial charge in [-0.05, 0) is 39.3 Å². The minimum Gasteiger partial charge on any atom is -0.315 e. The molecule has 0 saturated carbocycles. The molecule has 0 aromatic heterocycles. The smallest absolute Gasteiger partial charge is 0.0223 e. The highest BCUT2D eigenvalue weighted by Gasteiger charge is 2.27. The van der Waals surface area contributed by atoms with Crippen LogP contribution in [-0.2, 0) is 0 Å². The van der Waals surface area contributed by atoms with Crippen LogP contribution in [0.25, 0.3) is 0 Å². The summed E-state index contributed by atoms with van der Waals surface area (Å²) in [5.74, 6) is 0. The molecule has 0 aliphatic carbocycles. The fourth-order valence-electron chi connectivity index (χ4n) is 2.57. The van der Waals surface area contributed by atoms with Gasteiger partial charge in [0.15, 0.2) is 0 Å². The molecule has 2 nitrogen and oxygen atoms in total. The van der Waals surface area contributed by atoms with E-state index < -0.39 is 0 Å². The first-order valence-electron chi connectivity index (χ1n) is 5.34. The highest BCUT2D eigenvalue weighted by atomic mass is 15.2. The Kier molecular flexibility index (Phi) is 2.66. The lowest BCUT2D eigenvalue weighted by atomic mass is 10.0. The van der Waals surface area contributed by atoms with Crippen molar-refractivity contribution in [3.8, 4) is 0 Å². The molecule has 2 heterocycles. The Morgan fingerprint density at radius 1 is 1.25 bits per heavy atom. The van der Waals surface area contributed by atoms with Crippen LogP contribution in [0.1, 0.15) is 32.6 Å². The van der Waals surface area contributed by atoms with Crippen LogP contribution in [0, 0.1) is 0 Å². The van der Waals surface area contributed by atoms with Crippen molar-refractivity contribution >= 4 is 0 Å². The molecule has 2 aliphatic rings. The lowest BCUT2D eigenvalue weighted by Crippen LogP contribution is -2.46. The second-order valence-electron chi connectivity index (χ2n) is 4.23. The maximum atomic E-state index is 3.54. The zero-order valence-electron chi connectivity index (χ0n) is 8.05. The van der Waals surface area contributed by atoms with E-state index in [0.717, 1.165) is 12.1 Å². The predicted octanol–water partition coefficient (Wildman–Crippen LogP) is 1.22. The van der Waals surface area contributed by atoms with Crippen LogP contribution in [0.4, 0.5) is 0 Å². The quantitative estimate of drug-likeness (QED) is 0.585. The molecular formula is C10H20N2. The second kappa shape index (κ2) is 3.75. The Hall–Kier alpha value is -0.0800. The van der Waals surface area contributed by atoms with Crippen LogP contribution in [0.3, 0.4) is 0 Å². The van der Waals surface area contributed by atoms with E-state index in [0.29, 0.717) is 0 Å². The number of hydrogen-bond donors (Lipinski definition) is 1. The molecule has 70 valence electrons. The summed E-state index contributed by atoms with van der Waals surface area (Å²) in [7, 11) is 0. The highest BCUT2D eigenvalue weighted by Crippen LogP contribution is 2.21. The first kappa shape index (κ1) is 8.52. The third-order valence-corrected chi connectivity index (χ3v) is 3.36. The van der Waals surface area contributed by atoms with Crippen molar-refractivity contribution in [2.24, 2.45) is 0 Å². The summed E-state index contributed by atoms with van der Waals surface area (Å²) in [5, 5.41) is 3.54. The molecule has 0 spiro atoms. The third-order valence-electron chi connectivity index (χ3n) is 3.36. The molecule has 2 atom stereocenters. The van der Waals surface area contributed by atoms with Gasteiger partial charge in [0.25, 0.3) is 0 Å². The monoisotopic (exact) mass is 168 g/mol. The standard InChI is InChI=1S/C10H20N2/c1-9-5-6-11-8-10-4-2-3-7-12(9)10/h9-11H,2-8H2,1H3. The number of piperidine rings is 1. The highest BCUT2D eigenvalue weighted by molar-refractivity contribution is 4.85. The maximum absolute atomic E-state index is 3.54. The molecule has 2 saturated heterocycles. The second-order valence-corrected chi connectivity index (χ2v) is 4.23. The van der Waals surface area contributed by atoms with Crippen LogP contribution >= 0.6 is 0 Å². The van der Waals surface area contributed by atoms with Crippen molar-refractivity contribution in [1.82, 2.24) is 10.2 Å². The van der Waals surface area contributed by atoms with Crippen molar-refractivity contribution in [2.75, 3.05) is 19.6 Å². The summed E-state index contributed by atoms with van der Waals surface area (Å²) < 4.78 is 0. The molecule has 0 aromatic carbocycles. The topological polar surface area (TPSA) is 15.3 Å². The molecule has 2 unspecified atom stereocenters. The van der Waals surface area contributed by atoms with E-state index in [1.54, 1.807) is 0 Å². The summed E-state index contributed by atoms with van der Waals surface area (Å²) in [5.41, 5.74) is 0. The Morgan fingerprint density at radius 3 is 3.08 bits per heavy atom. The molecule has 0 aromatic rings. The molecule has 1 N–H and O–H groups in total. The van der Waals surface area contributed by atoms with Gasteiger partial charge >= 0.3 is 0 Å². The number of nitrogens with zero attached hydrogens (tertiary/aromatic N) is 1. The molecule has 2 heteroatoms. The lowest BCUT2D eigenvalue weighted by Gasteiger charge is -2.37. The van der Waals surface area contributed by atoms with Gasteiger partial charge in [-0.3, -0.25) is 4.90 Å². The minimum atomic E-state index is 0.810. The van der Waals surface area contributed by atoms with Gasteiger partial charge in [0.1, 0.15) is 0 Å². The summed E-state index contributed by atoms with van der Waals surface area (Å²) >= 11 is 0. The van der Waals surface area contributed by atoms with E-state index in [1.165, 1.54) is 45.3 Å². The van der Waals surface area contributed by atoms with Gasteiger partial charge in [-0.1, -0.05) is 6.42 Å². The molecule has 2 rings (SSSR count). The molecule has 12 heavy (non-hydrogen) atoms. The van der Waals surface area contributed by atoms with Crippen LogP contribution < -0.4 is 5.32 Å². The zero-order chi connectivity index (χ0) is 8.39. The summed E-state index contributed by atoms with van der Waals surface area (Å²) in [6, 6.07) is 1.65. The van der Waals surface area contributed by atoms with Gasteiger partial charge in [-0.25, -0.2) is 0 Å². The number of nitrogens with one attached hydrogen (secondary N) is 1. The third kappa shape index (κ3) is 1.64. The summed E-state index contributed by atoms with van der Waals surface area (Å²) in [6.07, 6.45) is 5.60. The Morgan fingerprint density at radius 2 is 2.17 bits per heavy atom. The van der Waals surface area contributed by atoms with Crippen molar-refractivity contribution in [3.63, 3.8) is 0 Å². The van der Waals surface area contributed by atoms with E-state index in [9.17, 15) is 0 Å². The number of hydrogen-bond acceptors (Lipinski definition) is 2. The summed E-state index contributed by atoms with van der Waals surface area (Å²) in [6.45, 7) is 6.16. The normalized spacial score (nSPS) is 38.8.